The van der Waals surface area contributed by atoms with Crippen LogP contribution in [0.5, 0.6) is 0 Å². The summed E-state index contributed by atoms with van der Waals surface area (Å²) in [7, 11) is 0. The van der Waals surface area contributed by atoms with Gasteiger partial charge in [-0.3, -0.25) is 4.79 Å². The third-order valence-electron chi connectivity index (χ3n) is 8.28. The minimum Gasteiger partial charge on any atom is -0.463 e. The Bertz CT molecular complexity index is 524. The fraction of sp³-hybridized carbons (Fsp3) is 0.857. The number of rotatable bonds is 1. The molecule has 0 aliphatic heterocycles. The van der Waals surface area contributed by atoms with Gasteiger partial charge in [0.25, 0.3) is 0 Å². The Hall–Kier alpha value is -0.790. The van der Waals surface area contributed by atoms with Crippen molar-refractivity contribution in [2.75, 3.05) is 0 Å². The van der Waals surface area contributed by atoms with E-state index < -0.39 is 0 Å². The number of carbonyl (C=O) groups excluding carboxylic acids is 1. The van der Waals surface area contributed by atoms with Crippen LogP contribution in [0, 0.1) is 34.5 Å². The van der Waals surface area contributed by atoms with E-state index in [0.29, 0.717) is 10.8 Å². The highest BCUT2D eigenvalue weighted by Gasteiger charge is 2.57. The van der Waals surface area contributed by atoms with E-state index in [1.165, 1.54) is 38.5 Å². The minimum absolute atomic E-state index is 0.0993. The lowest BCUT2D eigenvalue weighted by molar-refractivity contribution is -0.158. The summed E-state index contributed by atoms with van der Waals surface area (Å²) in [5, 5.41) is 0. The molecule has 7 atom stereocenters. The fourth-order valence-electron chi connectivity index (χ4n) is 7.04. The molecule has 0 heterocycles. The number of carbonyl (C=O) groups is 1. The summed E-state index contributed by atoms with van der Waals surface area (Å²) in [6, 6.07) is 0. The van der Waals surface area contributed by atoms with Gasteiger partial charge in [0.05, 0.1) is 0 Å². The van der Waals surface area contributed by atoms with Crippen LogP contribution in [-0.2, 0) is 9.53 Å². The van der Waals surface area contributed by atoms with Gasteiger partial charge in [-0.1, -0.05) is 26.0 Å². The van der Waals surface area contributed by atoms with Crippen LogP contribution >= 0.6 is 0 Å². The monoisotopic (exact) mass is 316 g/mol. The van der Waals surface area contributed by atoms with Gasteiger partial charge >= 0.3 is 5.97 Å². The maximum absolute atomic E-state index is 11.3. The highest BCUT2D eigenvalue weighted by Crippen LogP contribution is 2.65. The van der Waals surface area contributed by atoms with Gasteiger partial charge in [-0.05, 0) is 85.9 Å². The maximum Gasteiger partial charge on any atom is 0.302 e. The Morgan fingerprint density at radius 2 is 1.91 bits per heavy atom. The van der Waals surface area contributed by atoms with Crippen molar-refractivity contribution >= 4 is 5.97 Å². The topological polar surface area (TPSA) is 26.3 Å². The third-order valence-corrected chi connectivity index (χ3v) is 8.28. The predicted molar refractivity (Wildman–Crippen MR) is 91.8 cm³/mol. The molecule has 4 aliphatic rings. The summed E-state index contributed by atoms with van der Waals surface area (Å²) < 4.78 is 5.56. The summed E-state index contributed by atoms with van der Waals surface area (Å²) in [4.78, 5) is 11.3. The lowest BCUT2D eigenvalue weighted by Crippen LogP contribution is -2.53. The molecular formula is C21H32O2. The Labute approximate surface area is 141 Å². The molecular weight excluding hydrogens is 284 g/mol. The molecule has 128 valence electrons. The van der Waals surface area contributed by atoms with Crippen LogP contribution in [0.3, 0.4) is 0 Å². The Balaban J connectivity index is 1.53. The smallest absolute Gasteiger partial charge is 0.302 e. The van der Waals surface area contributed by atoms with Gasteiger partial charge in [0.15, 0.2) is 0 Å². The van der Waals surface area contributed by atoms with E-state index in [-0.39, 0.29) is 12.1 Å². The van der Waals surface area contributed by atoms with Crippen molar-refractivity contribution in [1.29, 1.82) is 0 Å². The minimum atomic E-state index is -0.0993. The van der Waals surface area contributed by atoms with Crippen molar-refractivity contribution in [2.45, 2.75) is 78.2 Å². The van der Waals surface area contributed by atoms with Gasteiger partial charge in [-0.15, -0.1) is 0 Å². The number of esters is 1. The molecule has 0 spiro atoms. The molecule has 2 nitrogen and oxygen atoms in total. The molecule has 4 rings (SSSR count). The molecule has 3 saturated carbocycles. The molecule has 0 aromatic carbocycles. The summed E-state index contributed by atoms with van der Waals surface area (Å²) in [6.07, 6.45) is 15.5. The second kappa shape index (κ2) is 5.36. The molecule has 0 aromatic heterocycles. The van der Waals surface area contributed by atoms with Crippen molar-refractivity contribution in [1.82, 2.24) is 0 Å². The predicted octanol–water partition coefficient (Wildman–Crippen LogP) is 5.13. The van der Waals surface area contributed by atoms with E-state index in [1.54, 1.807) is 6.92 Å². The third kappa shape index (κ3) is 2.39. The Morgan fingerprint density at radius 1 is 1.09 bits per heavy atom. The summed E-state index contributed by atoms with van der Waals surface area (Å²) in [5.41, 5.74) is 0.975. The number of fused-ring (bicyclic) bond motifs is 5. The van der Waals surface area contributed by atoms with Gasteiger partial charge in [0, 0.05) is 6.92 Å². The van der Waals surface area contributed by atoms with E-state index >= 15 is 0 Å². The van der Waals surface area contributed by atoms with E-state index in [1.807, 2.05) is 0 Å². The molecule has 23 heavy (non-hydrogen) atoms. The van der Waals surface area contributed by atoms with E-state index in [2.05, 4.69) is 26.0 Å². The van der Waals surface area contributed by atoms with Crippen molar-refractivity contribution in [2.24, 2.45) is 34.5 Å². The number of allylic oxidation sites excluding steroid dienone is 2. The van der Waals surface area contributed by atoms with Crippen LogP contribution < -0.4 is 0 Å². The number of hydrogen-bond acceptors (Lipinski definition) is 2. The second-order valence-electron chi connectivity index (χ2n) is 9.35. The average molecular weight is 316 g/mol. The van der Waals surface area contributed by atoms with Crippen LogP contribution in [0.4, 0.5) is 0 Å². The van der Waals surface area contributed by atoms with Crippen LogP contribution in [-0.4, -0.2) is 12.1 Å². The van der Waals surface area contributed by atoms with Crippen molar-refractivity contribution in [3.63, 3.8) is 0 Å². The van der Waals surface area contributed by atoms with E-state index in [0.717, 1.165) is 36.5 Å². The van der Waals surface area contributed by atoms with Crippen LogP contribution in [0.15, 0.2) is 12.2 Å². The molecule has 0 aromatic rings. The molecule has 4 aliphatic carbocycles. The normalized spacial score (nSPS) is 51.5. The largest absolute Gasteiger partial charge is 0.463 e. The quantitative estimate of drug-likeness (QED) is 0.495. The van der Waals surface area contributed by atoms with Crippen LogP contribution in [0.25, 0.3) is 0 Å². The first kappa shape index (κ1) is 15.7. The first-order valence-electron chi connectivity index (χ1n) is 9.77. The standard InChI is InChI=1S/C21H32O2/c1-14(22)23-16-8-12-21(3)15(13-16)6-7-17-18-5-4-10-20(18,2)11-9-19(17)21/h4,10,15-19H,5-9,11-13H2,1-3H3/t15-,16-,17-,18+,19+,20-,21-/m0/s1. The second-order valence-corrected chi connectivity index (χ2v) is 9.35. The summed E-state index contributed by atoms with van der Waals surface area (Å²) >= 11 is 0. The number of hydrogen-bond donors (Lipinski definition) is 0. The molecule has 0 radical (unpaired) electrons. The van der Waals surface area contributed by atoms with Gasteiger partial charge in [0.1, 0.15) is 6.10 Å². The zero-order valence-corrected chi connectivity index (χ0v) is 15.0. The van der Waals surface area contributed by atoms with Gasteiger partial charge in [-0.25, -0.2) is 0 Å². The zero-order valence-electron chi connectivity index (χ0n) is 15.0. The van der Waals surface area contributed by atoms with Gasteiger partial charge in [0.2, 0.25) is 0 Å². The molecule has 0 N–H and O–H groups in total. The fourth-order valence-corrected chi connectivity index (χ4v) is 7.04. The summed E-state index contributed by atoms with van der Waals surface area (Å²) in [6.45, 7) is 6.63. The Morgan fingerprint density at radius 3 is 2.70 bits per heavy atom. The van der Waals surface area contributed by atoms with Gasteiger partial charge < -0.3 is 4.74 Å². The highest BCUT2D eigenvalue weighted by molar-refractivity contribution is 5.66. The van der Waals surface area contributed by atoms with Crippen LogP contribution in [0.1, 0.15) is 72.1 Å². The van der Waals surface area contributed by atoms with Crippen molar-refractivity contribution in [3.05, 3.63) is 12.2 Å². The molecule has 0 unspecified atom stereocenters. The Kier molecular flexibility index (Phi) is 3.66. The SMILES string of the molecule is CC(=O)O[C@H]1CC[C@@]2(C)[C@@H](CC[C@@H]3[C@H]2CC[C@]2(C)C=CC[C@H]32)C1. The van der Waals surface area contributed by atoms with Crippen molar-refractivity contribution in [3.8, 4) is 0 Å². The molecule has 3 fully saturated rings. The lowest BCUT2D eigenvalue weighted by atomic mass is 9.45. The zero-order chi connectivity index (χ0) is 16.2. The maximum atomic E-state index is 11.3. The molecule has 0 amide bonds. The number of ether oxygens (including phenoxy) is 1. The first-order valence-corrected chi connectivity index (χ1v) is 9.77. The van der Waals surface area contributed by atoms with E-state index in [4.69, 9.17) is 4.74 Å². The lowest BCUT2D eigenvalue weighted by Gasteiger charge is -2.60. The van der Waals surface area contributed by atoms with E-state index in [9.17, 15) is 4.79 Å². The average Bonchev–Trinajstić information content (AvgIpc) is 2.89. The highest BCUT2D eigenvalue weighted by atomic mass is 16.5. The van der Waals surface area contributed by atoms with Crippen LogP contribution in [0.2, 0.25) is 0 Å². The van der Waals surface area contributed by atoms with Crippen molar-refractivity contribution < 1.29 is 9.53 Å². The molecule has 0 bridgehead atoms. The molecule has 0 saturated heterocycles. The van der Waals surface area contributed by atoms with Gasteiger partial charge in [-0.2, -0.15) is 0 Å². The molecule has 2 heteroatoms. The first-order chi connectivity index (χ1) is 10.9. The summed E-state index contributed by atoms with van der Waals surface area (Å²) in [5.74, 6) is 3.39.